The Morgan fingerprint density at radius 3 is 2.74 bits per heavy atom. The molecule has 0 saturated heterocycles. The summed E-state index contributed by atoms with van der Waals surface area (Å²) in [7, 11) is 0. The summed E-state index contributed by atoms with van der Waals surface area (Å²) in [5.41, 5.74) is 1.65. The molecule has 1 heterocycles. The van der Waals surface area contributed by atoms with E-state index in [-0.39, 0.29) is 11.7 Å². The van der Waals surface area contributed by atoms with Crippen LogP contribution in [0.1, 0.15) is 30.6 Å². The number of carbonyl (C=O) groups excluding carboxylic acids is 2. The fraction of sp³-hybridized carbons (Fsp3) is 0.250. The van der Waals surface area contributed by atoms with Crippen molar-refractivity contribution in [1.82, 2.24) is 20.6 Å². The topological polar surface area (TPSA) is 101 Å². The van der Waals surface area contributed by atoms with Gasteiger partial charge in [-0.3, -0.25) is 9.59 Å². The van der Waals surface area contributed by atoms with Gasteiger partial charge >= 0.3 is 0 Å². The Hall–Kier alpha value is -2.57. The maximum Gasteiger partial charge on any atom is 0.221 e. The van der Waals surface area contributed by atoms with Crippen LogP contribution >= 0.6 is 0 Å². The first-order valence-corrected chi connectivity index (χ1v) is 5.80. The quantitative estimate of drug-likeness (QED) is 0.808. The Kier molecular flexibility index (Phi) is 3.65. The Morgan fingerprint density at radius 1 is 1.37 bits per heavy atom. The van der Waals surface area contributed by atoms with Gasteiger partial charge in [0.25, 0.3) is 0 Å². The molecule has 7 nitrogen and oxygen atoms in total. The number of nitrogens with one attached hydrogen (secondary N) is 2. The second-order valence-electron chi connectivity index (χ2n) is 3.95. The number of carbonyl (C=O) groups is 2. The molecule has 0 unspecified atom stereocenters. The van der Waals surface area contributed by atoms with Gasteiger partial charge in [-0.2, -0.15) is 5.21 Å². The largest absolute Gasteiger partial charge is 0.326 e. The molecule has 2 N–H and O–H groups in total. The van der Waals surface area contributed by atoms with Gasteiger partial charge in [0, 0.05) is 24.5 Å². The van der Waals surface area contributed by atoms with Gasteiger partial charge in [-0.05, 0) is 23.4 Å². The predicted octanol–water partition coefficient (Wildman–Crippen LogP) is 1.42. The summed E-state index contributed by atoms with van der Waals surface area (Å²) < 4.78 is 0. The van der Waals surface area contributed by atoms with Crippen molar-refractivity contribution in [2.75, 3.05) is 5.32 Å². The zero-order chi connectivity index (χ0) is 13.8. The first kappa shape index (κ1) is 12.9. The normalized spacial score (nSPS) is 10.2. The number of hydrogen-bond donors (Lipinski definition) is 2. The number of nitrogens with zero attached hydrogens (tertiary/aromatic N) is 3. The van der Waals surface area contributed by atoms with Gasteiger partial charge in [0.15, 0.2) is 5.78 Å². The van der Waals surface area contributed by atoms with Gasteiger partial charge in [0.1, 0.15) is 0 Å². The molecule has 2 aromatic rings. The van der Waals surface area contributed by atoms with E-state index in [1.165, 1.54) is 6.92 Å². The van der Waals surface area contributed by atoms with Crippen molar-refractivity contribution in [3.05, 3.63) is 23.8 Å². The molecular weight excluding hydrogens is 246 g/mol. The molecule has 0 radical (unpaired) electrons. The van der Waals surface area contributed by atoms with E-state index in [0.717, 1.165) is 0 Å². The number of tetrazole rings is 1. The summed E-state index contributed by atoms with van der Waals surface area (Å²) in [6, 6.07) is 4.98. The van der Waals surface area contributed by atoms with Crippen LogP contribution in [0, 0.1) is 0 Å². The Balaban J connectivity index is 2.50. The number of anilines is 1. The molecule has 1 aromatic carbocycles. The van der Waals surface area contributed by atoms with E-state index in [2.05, 4.69) is 25.9 Å². The standard InChI is InChI=1S/C12H13N5O2/c1-3-11(19)8-4-5-10(13-7(2)18)9(6-8)12-14-16-17-15-12/h4-6H,3H2,1-2H3,(H,13,18)(H,14,15,16,17). The van der Waals surface area contributed by atoms with Gasteiger partial charge in [-0.1, -0.05) is 6.92 Å². The third-order valence-electron chi connectivity index (χ3n) is 2.56. The Morgan fingerprint density at radius 2 is 2.16 bits per heavy atom. The van der Waals surface area contributed by atoms with Crippen LogP contribution < -0.4 is 5.32 Å². The summed E-state index contributed by atoms with van der Waals surface area (Å²) in [5.74, 6) is 0.132. The van der Waals surface area contributed by atoms with E-state index < -0.39 is 0 Å². The Bertz CT molecular complexity index is 607. The lowest BCUT2D eigenvalue weighted by Gasteiger charge is -2.08. The lowest BCUT2D eigenvalue weighted by molar-refractivity contribution is -0.114. The molecule has 0 saturated carbocycles. The number of H-pyrrole nitrogens is 1. The van der Waals surface area contributed by atoms with Crippen molar-refractivity contribution in [2.45, 2.75) is 20.3 Å². The molecule has 7 heteroatoms. The SMILES string of the molecule is CCC(=O)c1ccc(NC(C)=O)c(-c2nn[nH]n2)c1. The average Bonchev–Trinajstić information content (AvgIpc) is 2.91. The number of aromatic amines is 1. The number of aromatic nitrogens is 4. The molecule has 0 aliphatic heterocycles. The average molecular weight is 259 g/mol. The highest BCUT2D eigenvalue weighted by Gasteiger charge is 2.13. The van der Waals surface area contributed by atoms with Crippen molar-refractivity contribution in [1.29, 1.82) is 0 Å². The van der Waals surface area contributed by atoms with Crippen LogP contribution in [0.2, 0.25) is 0 Å². The van der Waals surface area contributed by atoms with Crippen molar-refractivity contribution in [3.63, 3.8) is 0 Å². The maximum atomic E-state index is 11.7. The van der Waals surface area contributed by atoms with E-state index in [4.69, 9.17) is 0 Å². The van der Waals surface area contributed by atoms with E-state index in [9.17, 15) is 9.59 Å². The molecule has 1 amide bonds. The molecule has 1 aromatic heterocycles. The van der Waals surface area contributed by atoms with Crippen LogP contribution in [0.3, 0.4) is 0 Å². The predicted molar refractivity (Wildman–Crippen MR) is 68.5 cm³/mol. The summed E-state index contributed by atoms with van der Waals surface area (Å²) >= 11 is 0. The lowest BCUT2D eigenvalue weighted by Crippen LogP contribution is -2.08. The molecule has 0 aliphatic rings. The van der Waals surface area contributed by atoms with Crippen molar-refractivity contribution in [2.24, 2.45) is 0 Å². The minimum Gasteiger partial charge on any atom is -0.326 e. The van der Waals surface area contributed by atoms with Crippen molar-refractivity contribution >= 4 is 17.4 Å². The maximum absolute atomic E-state index is 11.7. The number of benzene rings is 1. The van der Waals surface area contributed by atoms with Crippen molar-refractivity contribution < 1.29 is 9.59 Å². The van der Waals surface area contributed by atoms with Gasteiger partial charge in [0.2, 0.25) is 11.7 Å². The van der Waals surface area contributed by atoms with E-state index >= 15 is 0 Å². The van der Waals surface area contributed by atoms with E-state index in [1.807, 2.05) is 0 Å². The van der Waals surface area contributed by atoms with E-state index in [0.29, 0.717) is 29.1 Å². The smallest absolute Gasteiger partial charge is 0.221 e. The fourth-order valence-corrected chi connectivity index (χ4v) is 1.68. The minimum atomic E-state index is -0.209. The summed E-state index contributed by atoms with van der Waals surface area (Å²) in [4.78, 5) is 22.9. The molecule has 2 rings (SSSR count). The third kappa shape index (κ3) is 2.82. The van der Waals surface area contributed by atoms with Crippen LogP contribution in [-0.2, 0) is 4.79 Å². The molecule has 19 heavy (non-hydrogen) atoms. The lowest BCUT2D eigenvalue weighted by atomic mass is 10.0. The summed E-state index contributed by atoms with van der Waals surface area (Å²) in [5, 5.41) is 16.2. The van der Waals surface area contributed by atoms with Gasteiger partial charge in [-0.25, -0.2) is 0 Å². The molecule has 0 fully saturated rings. The summed E-state index contributed by atoms with van der Waals surface area (Å²) in [6.07, 6.45) is 0.408. The number of rotatable bonds is 4. The second kappa shape index (κ2) is 5.38. The monoisotopic (exact) mass is 259 g/mol. The zero-order valence-electron chi connectivity index (χ0n) is 10.6. The van der Waals surface area contributed by atoms with Crippen molar-refractivity contribution in [3.8, 4) is 11.4 Å². The number of Topliss-reactive ketones (excluding diaryl/α,β-unsaturated/α-hetero) is 1. The molecule has 0 aliphatic carbocycles. The van der Waals surface area contributed by atoms with Crippen LogP contribution in [0.4, 0.5) is 5.69 Å². The van der Waals surface area contributed by atoms with Crippen LogP contribution in [0.5, 0.6) is 0 Å². The highest BCUT2D eigenvalue weighted by atomic mass is 16.1. The van der Waals surface area contributed by atoms with Crippen LogP contribution in [0.25, 0.3) is 11.4 Å². The van der Waals surface area contributed by atoms with Crippen LogP contribution in [-0.4, -0.2) is 32.3 Å². The number of amides is 1. The van der Waals surface area contributed by atoms with E-state index in [1.54, 1.807) is 25.1 Å². The highest BCUT2D eigenvalue weighted by molar-refractivity contribution is 6.00. The zero-order valence-corrected chi connectivity index (χ0v) is 10.6. The minimum absolute atomic E-state index is 0.0131. The molecule has 98 valence electrons. The van der Waals surface area contributed by atoms with Gasteiger partial charge < -0.3 is 5.32 Å². The second-order valence-corrected chi connectivity index (χ2v) is 3.95. The highest BCUT2D eigenvalue weighted by Crippen LogP contribution is 2.26. The molecule has 0 bridgehead atoms. The first-order valence-electron chi connectivity index (χ1n) is 5.80. The molecule has 0 spiro atoms. The Labute approximate surface area is 109 Å². The third-order valence-corrected chi connectivity index (χ3v) is 2.56. The first-order chi connectivity index (χ1) is 9.11. The molecular formula is C12H13N5O2. The van der Waals surface area contributed by atoms with Gasteiger partial charge in [0.05, 0.1) is 5.69 Å². The van der Waals surface area contributed by atoms with Crippen LogP contribution in [0.15, 0.2) is 18.2 Å². The summed E-state index contributed by atoms with van der Waals surface area (Å²) in [6.45, 7) is 3.20. The number of hydrogen-bond acceptors (Lipinski definition) is 5. The molecule has 0 atom stereocenters. The fourth-order valence-electron chi connectivity index (χ4n) is 1.68. The number of ketones is 1. The van der Waals surface area contributed by atoms with Gasteiger partial charge in [-0.15, -0.1) is 10.2 Å².